The van der Waals surface area contributed by atoms with Crippen LogP contribution in [0.5, 0.6) is 0 Å². The first-order valence-corrected chi connectivity index (χ1v) is 9.28. The third-order valence-corrected chi connectivity index (χ3v) is 4.18. The Balaban J connectivity index is 0.00000364. The van der Waals surface area contributed by atoms with Gasteiger partial charge in [0.2, 0.25) is 5.91 Å². The van der Waals surface area contributed by atoms with Crippen molar-refractivity contribution in [3.63, 3.8) is 0 Å². The molecule has 1 aromatic carbocycles. The van der Waals surface area contributed by atoms with E-state index >= 15 is 0 Å². The van der Waals surface area contributed by atoms with Crippen LogP contribution in [0.15, 0.2) is 40.1 Å². The topological polar surface area (TPSA) is 96.2 Å². The molecular weight excluding hydrogens is 525 g/mol. The number of carbonyl (C=O) groups excluding carboxylic acids is 1. The molecule has 2 rings (SSSR count). The third kappa shape index (κ3) is 8.24. The zero-order valence-corrected chi connectivity index (χ0v) is 19.3. The van der Waals surface area contributed by atoms with E-state index in [-0.39, 0.29) is 29.9 Å². The summed E-state index contributed by atoms with van der Waals surface area (Å²) in [5.41, 5.74) is 0.779. The van der Waals surface area contributed by atoms with Gasteiger partial charge in [0.25, 0.3) is 0 Å². The van der Waals surface area contributed by atoms with Gasteiger partial charge in [0.15, 0.2) is 5.96 Å². The lowest BCUT2D eigenvalue weighted by molar-refractivity contribution is -0.116. The Morgan fingerprint density at radius 3 is 2.59 bits per heavy atom. The van der Waals surface area contributed by atoms with Crippen molar-refractivity contribution in [2.45, 2.75) is 26.3 Å². The van der Waals surface area contributed by atoms with Crippen LogP contribution in [0, 0.1) is 0 Å². The molecule has 2 aromatic rings. The van der Waals surface area contributed by atoms with E-state index in [1.807, 2.05) is 35.8 Å². The van der Waals surface area contributed by atoms with Crippen LogP contribution in [0.4, 0.5) is 5.69 Å². The summed E-state index contributed by atoms with van der Waals surface area (Å²) in [5.74, 6) is 1.57. The number of aliphatic imine (C=N–C) groups is 1. The number of nitrogens with one attached hydrogen (secondary N) is 3. The van der Waals surface area contributed by atoms with Crippen LogP contribution in [0.2, 0.25) is 0 Å². The van der Waals surface area contributed by atoms with Gasteiger partial charge in [-0.2, -0.15) is 0 Å². The van der Waals surface area contributed by atoms with Crippen LogP contribution in [0.25, 0.3) is 0 Å². The van der Waals surface area contributed by atoms with Crippen molar-refractivity contribution in [2.75, 3.05) is 25.5 Å². The van der Waals surface area contributed by atoms with Crippen molar-refractivity contribution in [2.24, 2.45) is 4.99 Å². The Hall–Kier alpha value is -1.69. The van der Waals surface area contributed by atoms with Gasteiger partial charge < -0.3 is 20.5 Å². The van der Waals surface area contributed by atoms with Crippen LogP contribution in [0.1, 0.15) is 19.2 Å². The molecule has 0 aliphatic rings. The fraction of sp³-hybridized carbons (Fsp3) is 0.412. The maximum absolute atomic E-state index is 12.0. The van der Waals surface area contributed by atoms with E-state index < -0.39 is 0 Å². The van der Waals surface area contributed by atoms with E-state index in [4.69, 9.17) is 0 Å². The molecule has 0 saturated carbocycles. The van der Waals surface area contributed by atoms with Crippen molar-refractivity contribution >= 4 is 57.5 Å². The van der Waals surface area contributed by atoms with E-state index in [0.717, 1.165) is 29.0 Å². The van der Waals surface area contributed by atoms with Crippen LogP contribution in [0.3, 0.4) is 0 Å². The number of anilines is 1. The molecule has 0 spiro atoms. The Labute approximate surface area is 184 Å². The Kier molecular flexibility index (Phi) is 10.9. The van der Waals surface area contributed by atoms with E-state index in [2.05, 4.69) is 47.1 Å². The average Bonchev–Trinajstić information content (AvgIpc) is 3.10. The second kappa shape index (κ2) is 12.7. The number of benzene rings is 1. The van der Waals surface area contributed by atoms with E-state index in [1.54, 1.807) is 13.4 Å². The van der Waals surface area contributed by atoms with Crippen molar-refractivity contribution in [1.29, 1.82) is 0 Å². The number of halogens is 2. The molecule has 10 heteroatoms. The molecule has 1 amide bonds. The Morgan fingerprint density at radius 1 is 1.22 bits per heavy atom. The fourth-order valence-corrected chi connectivity index (χ4v) is 2.57. The predicted octanol–water partition coefficient (Wildman–Crippen LogP) is 2.41. The minimum atomic E-state index is -0.0487. The summed E-state index contributed by atoms with van der Waals surface area (Å²) in [6, 6.07) is 7.48. The fourth-order valence-electron chi connectivity index (χ4n) is 2.31. The van der Waals surface area contributed by atoms with Gasteiger partial charge in [0.05, 0.1) is 0 Å². The number of amides is 1. The van der Waals surface area contributed by atoms with Crippen molar-refractivity contribution < 1.29 is 4.79 Å². The van der Waals surface area contributed by atoms with Crippen molar-refractivity contribution in [3.05, 3.63) is 40.9 Å². The summed E-state index contributed by atoms with van der Waals surface area (Å²) >= 11 is 3.37. The molecule has 27 heavy (non-hydrogen) atoms. The number of rotatable bonds is 8. The molecule has 8 nitrogen and oxygen atoms in total. The molecule has 0 atom stereocenters. The summed E-state index contributed by atoms with van der Waals surface area (Å²) in [5, 5.41) is 17.2. The largest absolute Gasteiger partial charge is 0.356 e. The maximum Gasteiger partial charge on any atom is 0.226 e. The van der Waals surface area contributed by atoms with Crippen LogP contribution < -0.4 is 16.0 Å². The molecule has 3 N–H and O–H groups in total. The first-order chi connectivity index (χ1) is 12.6. The van der Waals surface area contributed by atoms with Gasteiger partial charge in [0, 0.05) is 49.7 Å². The van der Waals surface area contributed by atoms with E-state index in [0.29, 0.717) is 25.5 Å². The molecule has 148 valence electrons. The standard InChI is InChI=1S/C17H24BrN7O.HI/c1-3-15-24-22-12-25(15)11-10-21-17(19-2)20-9-8-16(26)23-14-6-4-13(18)5-7-14;/h4-7,12H,3,8-11H2,1-2H3,(H,23,26)(H2,19,20,21);1H. The maximum atomic E-state index is 12.0. The average molecular weight is 550 g/mol. The molecular formula is C17H25BrIN7O. The highest BCUT2D eigenvalue weighted by Crippen LogP contribution is 2.14. The van der Waals surface area contributed by atoms with Gasteiger partial charge in [-0.1, -0.05) is 22.9 Å². The minimum Gasteiger partial charge on any atom is -0.356 e. The number of nitrogens with zero attached hydrogens (tertiary/aromatic N) is 4. The normalized spacial score (nSPS) is 10.9. The Morgan fingerprint density at radius 2 is 1.93 bits per heavy atom. The third-order valence-electron chi connectivity index (χ3n) is 3.65. The molecule has 0 aliphatic heterocycles. The number of hydrogen-bond acceptors (Lipinski definition) is 4. The lowest BCUT2D eigenvalue weighted by atomic mass is 10.3. The lowest BCUT2D eigenvalue weighted by Gasteiger charge is -2.12. The molecule has 0 fully saturated rings. The van der Waals surface area contributed by atoms with Crippen molar-refractivity contribution in [1.82, 2.24) is 25.4 Å². The molecule has 0 radical (unpaired) electrons. The number of aromatic nitrogens is 3. The summed E-state index contributed by atoms with van der Waals surface area (Å²) in [6.45, 7) is 3.99. The zero-order chi connectivity index (χ0) is 18.8. The highest BCUT2D eigenvalue weighted by molar-refractivity contribution is 14.0. The number of aryl methyl sites for hydroxylation is 1. The van der Waals surface area contributed by atoms with Crippen LogP contribution in [-0.2, 0) is 17.8 Å². The van der Waals surface area contributed by atoms with Gasteiger partial charge in [0.1, 0.15) is 12.2 Å². The number of guanidine groups is 1. The highest BCUT2D eigenvalue weighted by atomic mass is 127. The second-order valence-electron chi connectivity index (χ2n) is 5.52. The number of carbonyl (C=O) groups is 1. The molecule has 1 aromatic heterocycles. The van der Waals surface area contributed by atoms with Crippen molar-refractivity contribution in [3.8, 4) is 0 Å². The van der Waals surface area contributed by atoms with Crippen LogP contribution in [-0.4, -0.2) is 46.8 Å². The first kappa shape index (κ1) is 23.3. The highest BCUT2D eigenvalue weighted by Gasteiger charge is 2.05. The molecule has 1 heterocycles. The van der Waals surface area contributed by atoms with Gasteiger partial charge in [-0.25, -0.2) is 0 Å². The quantitative estimate of drug-likeness (QED) is 0.267. The second-order valence-corrected chi connectivity index (χ2v) is 6.44. The van der Waals surface area contributed by atoms with Gasteiger partial charge >= 0.3 is 0 Å². The summed E-state index contributed by atoms with van der Waals surface area (Å²) < 4.78 is 2.98. The molecule has 0 bridgehead atoms. The SMILES string of the molecule is CCc1nncn1CCNC(=NC)NCCC(=O)Nc1ccc(Br)cc1.I. The summed E-state index contributed by atoms with van der Waals surface area (Å²) in [7, 11) is 1.70. The smallest absolute Gasteiger partial charge is 0.226 e. The van der Waals surface area contributed by atoms with Crippen LogP contribution >= 0.6 is 39.9 Å². The van der Waals surface area contributed by atoms with Gasteiger partial charge in [-0.3, -0.25) is 9.79 Å². The lowest BCUT2D eigenvalue weighted by Crippen LogP contribution is -2.40. The molecule has 0 unspecified atom stereocenters. The molecule has 0 aliphatic carbocycles. The summed E-state index contributed by atoms with van der Waals surface area (Å²) in [6.07, 6.45) is 2.92. The zero-order valence-electron chi connectivity index (χ0n) is 15.4. The number of hydrogen-bond donors (Lipinski definition) is 3. The van der Waals surface area contributed by atoms with Gasteiger partial charge in [-0.05, 0) is 24.3 Å². The summed E-state index contributed by atoms with van der Waals surface area (Å²) in [4.78, 5) is 16.1. The van der Waals surface area contributed by atoms with Gasteiger partial charge in [-0.15, -0.1) is 34.2 Å². The first-order valence-electron chi connectivity index (χ1n) is 8.49. The molecule has 0 saturated heterocycles. The van der Waals surface area contributed by atoms with E-state index in [9.17, 15) is 4.79 Å². The minimum absolute atomic E-state index is 0. The Bertz CT molecular complexity index is 733. The van der Waals surface area contributed by atoms with E-state index in [1.165, 1.54) is 0 Å². The predicted molar refractivity (Wildman–Crippen MR) is 122 cm³/mol. The monoisotopic (exact) mass is 549 g/mol.